The van der Waals surface area contributed by atoms with Crippen LogP contribution in [-0.4, -0.2) is 10.9 Å². The fraction of sp³-hybridized carbons (Fsp3) is 0.0588. The van der Waals surface area contributed by atoms with Crippen molar-refractivity contribution in [1.82, 2.24) is 4.98 Å². The zero-order valence-corrected chi connectivity index (χ0v) is 11.5. The van der Waals surface area contributed by atoms with E-state index in [1.54, 1.807) is 6.20 Å². The fourth-order valence-corrected chi connectivity index (χ4v) is 2.17. The number of para-hydroxylation sites is 2. The summed E-state index contributed by atoms with van der Waals surface area (Å²) in [6.45, 7) is 0.523. The van der Waals surface area contributed by atoms with Gasteiger partial charge in [0, 0.05) is 17.3 Å². The van der Waals surface area contributed by atoms with Crippen molar-refractivity contribution in [3.05, 3.63) is 72.4 Å². The number of anilines is 1. The van der Waals surface area contributed by atoms with Crippen LogP contribution in [0.4, 0.5) is 5.69 Å². The Morgan fingerprint density at radius 1 is 1.00 bits per heavy atom. The molecule has 0 aliphatic heterocycles. The Balaban J connectivity index is 1.78. The summed E-state index contributed by atoms with van der Waals surface area (Å²) in [5.74, 6) is 0.405. The van der Waals surface area contributed by atoms with Gasteiger partial charge in [-0.2, -0.15) is 0 Å². The molecule has 0 amide bonds. The van der Waals surface area contributed by atoms with Gasteiger partial charge in [-0.1, -0.05) is 36.4 Å². The third-order valence-electron chi connectivity index (χ3n) is 3.21. The number of aliphatic imine (C=N–C) groups is 1. The van der Waals surface area contributed by atoms with Crippen LogP contribution in [0.5, 0.6) is 0 Å². The third kappa shape index (κ3) is 3.17. The number of benzene rings is 2. The van der Waals surface area contributed by atoms with Crippen LogP contribution in [0.3, 0.4) is 0 Å². The zero-order chi connectivity index (χ0) is 14.5. The molecule has 4 heteroatoms. The van der Waals surface area contributed by atoms with Gasteiger partial charge in [-0.3, -0.25) is 4.98 Å². The van der Waals surface area contributed by atoms with Gasteiger partial charge in [-0.25, -0.2) is 4.99 Å². The normalized spacial score (nSPS) is 11.5. The molecule has 0 fully saturated rings. The summed E-state index contributed by atoms with van der Waals surface area (Å²) in [5.41, 5.74) is 8.93. The molecule has 3 rings (SSSR count). The van der Waals surface area contributed by atoms with E-state index in [2.05, 4.69) is 15.3 Å². The highest BCUT2D eigenvalue weighted by Gasteiger charge is 2.01. The molecule has 4 nitrogen and oxygen atoms in total. The van der Waals surface area contributed by atoms with Crippen molar-refractivity contribution in [1.29, 1.82) is 0 Å². The number of pyridine rings is 1. The van der Waals surface area contributed by atoms with Crippen molar-refractivity contribution >= 4 is 22.5 Å². The fourth-order valence-electron chi connectivity index (χ4n) is 2.17. The Labute approximate surface area is 123 Å². The van der Waals surface area contributed by atoms with Crippen molar-refractivity contribution in [3.63, 3.8) is 0 Å². The van der Waals surface area contributed by atoms with Gasteiger partial charge in [0.1, 0.15) is 0 Å². The first-order valence-electron chi connectivity index (χ1n) is 6.77. The molecule has 21 heavy (non-hydrogen) atoms. The molecule has 1 aromatic heterocycles. The minimum absolute atomic E-state index is 0.405. The van der Waals surface area contributed by atoms with Crippen LogP contribution in [0, 0.1) is 0 Å². The summed E-state index contributed by atoms with van der Waals surface area (Å²) in [6.07, 6.45) is 1.80. The molecule has 104 valence electrons. The Bertz CT molecular complexity index is 761. The lowest BCUT2D eigenvalue weighted by Crippen LogP contribution is -2.22. The summed E-state index contributed by atoms with van der Waals surface area (Å²) < 4.78 is 0. The maximum absolute atomic E-state index is 5.92. The first kappa shape index (κ1) is 13.1. The van der Waals surface area contributed by atoms with Crippen molar-refractivity contribution in [2.45, 2.75) is 6.54 Å². The van der Waals surface area contributed by atoms with Crippen LogP contribution in [-0.2, 0) is 6.54 Å². The molecule has 0 spiro atoms. The highest BCUT2D eigenvalue weighted by atomic mass is 15.1. The number of nitrogens with zero attached hydrogens (tertiary/aromatic N) is 2. The predicted octanol–water partition coefficient (Wildman–Crippen LogP) is 3.16. The van der Waals surface area contributed by atoms with Gasteiger partial charge in [-0.15, -0.1) is 0 Å². The molecule has 0 aliphatic carbocycles. The largest absolute Gasteiger partial charge is 0.370 e. The number of nitrogens with one attached hydrogen (secondary N) is 1. The molecule has 0 bridgehead atoms. The van der Waals surface area contributed by atoms with E-state index < -0.39 is 0 Å². The van der Waals surface area contributed by atoms with Crippen LogP contribution in [0.1, 0.15) is 5.56 Å². The second-order valence-electron chi connectivity index (χ2n) is 4.68. The quantitative estimate of drug-likeness (QED) is 0.570. The number of hydrogen-bond donors (Lipinski definition) is 2. The molecule has 1 heterocycles. The average Bonchev–Trinajstić information content (AvgIpc) is 2.54. The number of hydrogen-bond acceptors (Lipinski definition) is 2. The third-order valence-corrected chi connectivity index (χ3v) is 3.21. The van der Waals surface area contributed by atoms with Gasteiger partial charge in [0.2, 0.25) is 0 Å². The minimum atomic E-state index is 0.405. The van der Waals surface area contributed by atoms with Crippen molar-refractivity contribution in [3.8, 4) is 0 Å². The van der Waals surface area contributed by atoms with Crippen LogP contribution in [0.2, 0.25) is 0 Å². The lowest BCUT2D eigenvalue weighted by Gasteiger charge is -2.06. The van der Waals surface area contributed by atoms with Crippen molar-refractivity contribution in [2.24, 2.45) is 10.7 Å². The zero-order valence-electron chi connectivity index (χ0n) is 11.5. The predicted molar refractivity (Wildman–Crippen MR) is 87.1 cm³/mol. The Kier molecular flexibility index (Phi) is 3.78. The molecular formula is C17H16N4. The number of rotatable bonds is 3. The number of fused-ring (bicyclic) bond motifs is 1. The molecule has 0 atom stereocenters. The molecule has 2 aromatic carbocycles. The molecule has 0 saturated heterocycles. The standard InChI is InChI=1S/C17H16N4/c18-17(21-14-6-2-1-3-7-14)20-12-13-10-11-19-16-9-5-4-8-15(13)16/h1-11H,12H2,(H3,18,20,21). The highest BCUT2D eigenvalue weighted by Crippen LogP contribution is 2.16. The van der Waals surface area contributed by atoms with Gasteiger partial charge >= 0.3 is 0 Å². The Morgan fingerprint density at radius 3 is 2.62 bits per heavy atom. The topological polar surface area (TPSA) is 63.3 Å². The van der Waals surface area contributed by atoms with Gasteiger partial charge in [0.05, 0.1) is 12.1 Å². The van der Waals surface area contributed by atoms with Crippen LogP contribution >= 0.6 is 0 Å². The van der Waals surface area contributed by atoms with E-state index in [9.17, 15) is 0 Å². The van der Waals surface area contributed by atoms with Crippen LogP contribution < -0.4 is 11.1 Å². The molecule has 0 saturated carbocycles. The van der Waals surface area contributed by atoms with E-state index in [0.29, 0.717) is 12.5 Å². The maximum atomic E-state index is 5.92. The van der Waals surface area contributed by atoms with Gasteiger partial charge in [0.15, 0.2) is 5.96 Å². The van der Waals surface area contributed by atoms with Crippen molar-refractivity contribution < 1.29 is 0 Å². The molecular weight excluding hydrogens is 260 g/mol. The average molecular weight is 276 g/mol. The number of nitrogens with two attached hydrogens (primary N) is 1. The van der Waals surface area contributed by atoms with E-state index in [-0.39, 0.29) is 0 Å². The highest BCUT2D eigenvalue weighted by molar-refractivity contribution is 5.92. The SMILES string of the molecule is NC(=NCc1ccnc2ccccc12)Nc1ccccc1. The lowest BCUT2D eigenvalue weighted by molar-refractivity contribution is 1.07. The number of aromatic nitrogens is 1. The van der Waals surface area contributed by atoms with E-state index in [1.807, 2.05) is 60.7 Å². The van der Waals surface area contributed by atoms with Crippen molar-refractivity contribution in [2.75, 3.05) is 5.32 Å². The van der Waals surface area contributed by atoms with E-state index in [0.717, 1.165) is 22.2 Å². The monoisotopic (exact) mass is 276 g/mol. The number of guanidine groups is 1. The van der Waals surface area contributed by atoms with Crippen LogP contribution in [0.15, 0.2) is 71.9 Å². The molecule has 0 radical (unpaired) electrons. The second kappa shape index (κ2) is 6.05. The minimum Gasteiger partial charge on any atom is -0.370 e. The summed E-state index contributed by atoms with van der Waals surface area (Å²) in [6, 6.07) is 19.8. The van der Waals surface area contributed by atoms with E-state index >= 15 is 0 Å². The summed E-state index contributed by atoms with van der Waals surface area (Å²) in [5, 5.41) is 4.18. The molecule has 3 aromatic rings. The summed E-state index contributed by atoms with van der Waals surface area (Å²) in [4.78, 5) is 8.74. The molecule has 0 aliphatic rings. The van der Waals surface area contributed by atoms with E-state index in [1.165, 1.54) is 0 Å². The Hall–Kier alpha value is -2.88. The van der Waals surface area contributed by atoms with Gasteiger partial charge in [-0.05, 0) is 29.8 Å². The Morgan fingerprint density at radius 2 is 1.76 bits per heavy atom. The smallest absolute Gasteiger partial charge is 0.193 e. The van der Waals surface area contributed by atoms with E-state index in [4.69, 9.17) is 5.73 Å². The summed E-state index contributed by atoms with van der Waals surface area (Å²) >= 11 is 0. The molecule has 3 N–H and O–H groups in total. The van der Waals surface area contributed by atoms with Gasteiger partial charge in [0.25, 0.3) is 0 Å². The first-order chi connectivity index (χ1) is 10.3. The second-order valence-corrected chi connectivity index (χ2v) is 4.68. The van der Waals surface area contributed by atoms with Gasteiger partial charge < -0.3 is 11.1 Å². The lowest BCUT2D eigenvalue weighted by atomic mass is 10.1. The molecule has 0 unspecified atom stereocenters. The maximum Gasteiger partial charge on any atom is 0.193 e. The van der Waals surface area contributed by atoms with Crippen LogP contribution in [0.25, 0.3) is 10.9 Å². The first-order valence-corrected chi connectivity index (χ1v) is 6.77. The summed E-state index contributed by atoms with van der Waals surface area (Å²) in [7, 11) is 0.